The van der Waals surface area contributed by atoms with E-state index in [1.807, 2.05) is 26.0 Å². The molecule has 0 fully saturated rings. The number of nitro groups is 2. The Morgan fingerprint density at radius 2 is 1.31 bits per heavy atom. The summed E-state index contributed by atoms with van der Waals surface area (Å²) in [5.41, 5.74) is 1.50. The smallest absolute Gasteiger partial charge is 0.299 e. The molecule has 0 aliphatic heterocycles. The number of hydrogen-bond donors (Lipinski definition) is 0. The molecule has 1 heterocycles. The molecule has 2 aromatic carbocycles. The summed E-state index contributed by atoms with van der Waals surface area (Å²) in [5.74, 6) is 0. The molecule has 242 valence electrons. The van der Waals surface area contributed by atoms with Crippen LogP contribution in [0, 0.1) is 27.2 Å². The highest BCUT2D eigenvalue weighted by atomic mass is 16.6. The Labute approximate surface area is 263 Å². The van der Waals surface area contributed by atoms with Crippen molar-refractivity contribution >= 4 is 17.6 Å². The number of rotatable bonds is 19. The summed E-state index contributed by atoms with van der Waals surface area (Å²) in [6.07, 6.45) is 7.29. The van der Waals surface area contributed by atoms with Crippen LogP contribution in [0.25, 0.3) is 6.20 Å². The van der Waals surface area contributed by atoms with Crippen molar-refractivity contribution in [2.24, 2.45) is 0 Å². The maximum Gasteiger partial charge on any atom is 0.335 e. The molecule has 0 atom stereocenters. The van der Waals surface area contributed by atoms with Crippen LogP contribution in [0.1, 0.15) is 62.8 Å². The minimum Gasteiger partial charge on any atom is -0.299 e. The Morgan fingerprint density at radius 1 is 0.778 bits per heavy atom. The number of aromatic nitrogens is 2. The predicted molar refractivity (Wildman–Crippen MR) is 176 cm³/mol. The molecule has 0 saturated carbocycles. The molecular weight excluding hydrogens is 576 g/mol. The van der Waals surface area contributed by atoms with Crippen molar-refractivity contribution < 1.29 is 9.85 Å². The molecule has 0 N–H and O–H groups in total. The van der Waals surface area contributed by atoms with Gasteiger partial charge < -0.3 is 0 Å². The molecule has 12 nitrogen and oxygen atoms in total. The molecule has 0 radical (unpaired) electrons. The second kappa shape index (κ2) is 17.8. The number of benzene rings is 2. The molecule has 3 rings (SSSR count). The predicted octanol–water partition coefficient (Wildman–Crippen LogP) is 5.60. The van der Waals surface area contributed by atoms with Crippen molar-refractivity contribution in [2.75, 3.05) is 26.2 Å². The van der Waals surface area contributed by atoms with Crippen LogP contribution in [0.4, 0.5) is 11.4 Å². The summed E-state index contributed by atoms with van der Waals surface area (Å²) < 4.78 is 2.77. The van der Waals surface area contributed by atoms with Gasteiger partial charge in [-0.1, -0.05) is 62.7 Å². The average Bonchev–Trinajstić information content (AvgIpc) is 3.02. The third-order valence-corrected chi connectivity index (χ3v) is 7.95. The van der Waals surface area contributed by atoms with Gasteiger partial charge in [-0.3, -0.25) is 39.4 Å². The molecule has 0 aliphatic carbocycles. The number of allylic oxidation sites excluding steroid dienone is 1. The van der Waals surface area contributed by atoms with Gasteiger partial charge in [0, 0.05) is 60.9 Å². The number of nitro benzene ring substituents is 2. The molecule has 3 aromatic rings. The lowest BCUT2D eigenvalue weighted by atomic mass is 10.1. The Bertz CT molecular complexity index is 1580. The summed E-state index contributed by atoms with van der Waals surface area (Å²) in [4.78, 5) is 52.1. The van der Waals surface area contributed by atoms with E-state index in [0.29, 0.717) is 42.9 Å². The molecular formula is C33H44N6O6. The highest BCUT2D eigenvalue weighted by molar-refractivity contribution is 5.40. The molecule has 0 bridgehead atoms. The van der Waals surface area contributed by atoms with Gasteiger partial charge in [0.15, 0.2) is 0 Å². The van der Waals surface area contributed by atoms with Crippen LogP contribution < -0.4 is 11.2 Å². The Morgan fingerprint density at radius 3 is 1.84 bits per heavy atom. The molecule has 1 aromatic heterocycles. The van der Waals surface area contributed by atoms with Gasteiger partial charge in [0.1, 0.15) is 0 Å². The number of aryl methyl sites for hydroxylation is 1. The second-order valence-electron chi connectivity index (χ2n) is 11.0. The number of unbranched alkanes of at least 4 members (excludes halogenated alkanes) is 3. The highest BCUT2D eigenvalue weighted by Crippen LogP contribution is 2.21. The monoisotopic (exact) mass is 620 g/mol. The van der Waals surface area contributed by atoms with Gasteiger partial charge in [-0.05, 0) is 58.8 Å². The fourth-order valence-electron chi connectivity index (χ4n) is 5.33. The lowest BCUT2D eigenvalue weighted by Gasteiger charge is -2.20. The normalized spacial score (nSPS) is 11.6. The van der Waals surface area contributed by atoms with Gasteiger partial charge >= 0.3 is 5.69 Å². The van der Waals surface area contributed by atoms with Gasteiger partial charge in [0.25, 0.3) is 16.9 Å². The fraction of sp³-hybridized carbons (Fsp3) is 0.455. The van der Waals surface area contributed by atoms with Gasteiger partial charge in [0.05, 0.1) is 9.85 Å². The van der Waals surface area contributed by atoms with E-state index in [4.69, 9.17) is 0 Å². The van der Waals surface area contributed by atoms with Crippen LogP contribution in [-0.2, 0) is 19.6 Å². The third-order valence-electron chi connectivity index (χ3n) is 7.95. The van der Waals surface area contributed by atoms with E-state index in [-0.39, 0.29) is 32.5 Å². The highest BCUT2D eigenvalue weighted by Gasteiger charge is 2.16. The van der Waals surface area contributed by atoms with Gasteiger partial charge in [-0.2, -0.15) is 0 Å². The average molecular weight is 621 g/mol. The van der Waals surface area contributed by atoms with Crippen molar-refractivity contribution in [3.05, 3.63) is 119 Å². The van der Waals surface area contributed by atoms with Crippen LogP contribution in [0.5, 0.6) is 0 Å². The van der Waals surface area contributed by atoms with Gasteiger partial charge in [-0.15, -0.1) is 0 Å². The van der Waals surface area contributed by atoms with E-state index >= 15 is 0 Å². The minimum atomic E-state index is -0.370. The molecule has 45 heavy (non-hydrogen) atoms. The van der Waals surface area contributed by atoms with E-state index < -0.39 is 0 Å². The van der Waals surface area contributed by atoms with Crippen molar-refractivity contribution in [1.29, 1.82) is 0 Å². The maximum absolute atomic E-state index is 13.2. The van der Waals surface area contributed by atoms with Gasteiger partial charge in [0.2, 0.25) is 0 Å². The van der Waals surface area contributed by atoms with E-state index in [2.05, 4.69) is 9.80 Å². The zero-order valence-electron chi connectivity index (χ0n) is 26.5. The van der Waals surface area contributed by atoms with Crippen LogP contribution in [0.3, 0.4) is 0 Å². The van der Waals surface area contributed by atoms with Crippen molar-refractivity contribution in [3.8, 4) is 0 Å². The van der Waals surface area contributed by atoms with Crippen molar-refractivity contribution in [1.82, 2.24) is 18.9 Å². The summed E-state index contributed by atoms with van der Waals surface area (Å²) in [6.45, 7) is 10.3. The van der Waals surface area contributed by atoms with E-state index in [1.165, 1.54) is 18.2 Å². The van der Waals surface area contributed by atoms with E-state index in [9.17, 15) is 29.8 Å². The molecule has 0 spiro atoms. The van der Waals surface area contributed by atoms with Crippen molar-refractivity contribution in [2.45, 2.75) is 72.5 Å². The first-order valence-corrected chi connectivity index (χ1v) is 15.5. The second-order valence-corrected chi connectivity index (χ2v) is 11.0. The number of hydrogen-bond acceptors (Lipinski definition) is 8. The first-order chi connectivity index (χ1) is 21.7. The number of para-hydroxylation sites is 2. The lowest BCUT2D eigenvalue weighted by Crippen LogP contribution is -2.38. The molecule has 12 heteroatoms. The summed E-state index contributed by atoms with van der Waals surface area (Å²) in [6, 6.07) is 15.0. The fourth-order valence-corrected chi connectivity index (χ4v) is 5.33. The van der Waals surface area contributed by atoms with Crippen LogP contribution in [0.15, 0.2) is 70.3 Å². The summed E-state index contributed by atoms with van der Waals surface area (Å²) in [5, 5.41) is 22.7. The lowest BCUT2D eigenvalue weighted by molar-refractivity contribution is -0.385. The summed E-state index contributed by atoms with van der Waals surface area (Å²) >= 11 is 0. The zero-order valence-corrected chi connectivity index (χ0v) is 26.5. The standard InChI is InChI=1S/C33H44N6O6/c1-4-34(25-28-16-8-10-18-30(28)38(42)43)20-12-6-14-22-36-27(3)24-32(40)37(33(36)41)23-15-7-13-21-35(5-2)26-29-17-9-11-19-31(29)39(44)45/h8-11,15-19,23-24H,4-7,12-14,20-22,25-26H2,1-3H3/b23-15+. The zero-order chi connectivity index (χ0) is 32.8. The first-order valence-electron chi connectivity index (χ1n) is 15.5. The van der Waals surface area contributed by atoms with Crippen LogP contribution in [0.2, 0.25) is 0 Å². The molecule has 0 aliphatic rings. The topological polar surface area (TPSA) is 137 Å². The van der Waals surface area contributed by atoms with Crippen LogP contribution >= 0.6 is 0 Å². The Balaban J connectivity index is 1.50. The minimum absolute atomic E-state index is 0.116. The quantitative estimate of drug-likeness (QED) is 0.0960. The summed E-state index contributed by atoms with van der Waals surface area (Å²) in [7, 11) is 0. The largest absolute Gasteiger partial charge is 0.335 e. The molecule has 0 amide bonds. The van der Waals surface area contributed by atoms with E-state index in [0.717, 1.165) is 56.4 Å². The maximum atomic E-state index is 13.2. The SMILES string of the molecule is CCN(CCC/C=C/n1c(=O)cc(C)n(CCCCCN(CC)Cc2ccccc2[N+](=O)[O-])c1=O)Cc1ccccc1[N+](=O)[O-]. The van der Waals surface area contributed by atoms with Crippen molar-refractivity contribution in [3.63, 3.8) is 0 Å². The van der Waals surface area contributed by atoms with Crippen LogP contribution in [-0.4, -0.2) is 55.0 Å². The Hall–Kier alpha value is -4.42. The third kappa shape index (κ3) is 10.3. The Kier molecular flexibility index (Phi) is 13.8. The molecule has 0 unspecified atom stereocenters. The number of nitrogens with zero attached hydrogens (tertiary/aromatic N) is 6. The van der Waals surface area contributed by atoms with E-state index in [1.54, 1.807) is 48.0 Å². The first kappa shape index (κ1) is 35.1. The molecule has 0 saturated heterocycles. The van der Waals surface area contributed by atoms with Gasteiger partial charge in [-0.25, -0.2) is 9.36 Å².